The van der Waals surface area contributed by atoms with Crippen molar-refractivity contribution < 1.29 is 4.79 Å². The lowest BCUT2D eigenvalue weighted by atomic mass is 9.82. The van der Waals surface area contributed by atoms with Gasteiger partial charge in [0.25, 0.3) is 0 Å². The lowest BCUT2D eigenvalue weighted by molar-refractivity contribution is -0.125. The van der Waals surface area contributed by atoms with Crippen LogP contribution in [-0.2, 0) is 23.3 Å². The van der Waals surface area contributed by atoms with E-state index in [0.29, 0.717) is 23.6 Å². The molecule has 5 nitrogen and oxygen atoms in total. The summed E-state index contributed by atoms with van der Waals surface area (Å²) in [6.45, 7) is 0.446. The van der Waals surface area contributed by atoms with E-state index in [-0.39, 0.29) is 0 Å². The van der Waals surface area contributed by atoms with Crippen molar-refractivity contribution in [1.82, 2.24) is 15.3 Å². The summed E-state index contributed by atoms with van der Waals surface area (Å²) in [5, 5.41) is 3.84. The Morgan fingerprint density at radius 3 is 2.12 bits per heavy atom. The molecule has 3 aromatic rings. The summed E-state index contributed by atoms with van der Waals surface area (Å²) < 4.78 is 0. The molecule has 0 bridgehead atoms. The first-order valence-corrected chi connectivity index (χ1v) is 8.57. The number of nitrogens with zero attached hydrogens (tertiary/aromatic N) is 2. The number of nitrogens with one attached hydrogen (secondary N) is 1. The van der Waals surface area contributed by atoms with Gasteiger partial charge >= 0.3 is 0 Å². The van der Waals surface area contributed by atoms with E-state index in [9.17, 15) is 4.79 Å². The van der Waals surface area contributed by atoms with E-state index in [4.69, 9.17) is 17.3 Å². The van der Waals surface area contributed by atoms with Crippen LogP contribution in [0.15, 0.2) is 73.3 Å². The highest BCUT2D eigenvalue weighted by molar-refractivity contribution is 6.31. The quantitative estimate of drug-likeness (QED) is 0.673. The zero-order valence-electron chi connectivity index (χ0n) is 14.1. The normalized spacial score (nSPS) is 13.1. The fourth-order valence-corrected chi connectivity index (χ4v) is 3.22. The number of amides is 1. The monoisotopic (exact) mass is 366 g/mol. The third-order valence-electron chi connectivity index (χ3n) is 4.32. The topological polar surface area (TPSA) is 80.9 Å². The second-order valence-corrected chi connectivity index (χ2v) is 6.40. The van der Waals surface area contributed by atoms with Crippen molar-refractivity contribution in [2.24, 2.45) is 5.73 Å². The van der Waals surface area contributed by atoms with Gasteiger partial charge in [-0.3, -0.25) is 20.1 Å². The van der Waals surface area contributed by atoms with E-state index in [1.807, 2.05) is 42.5 Å². The third-order valence-corrected chi connectivity index (χ3v) is 4.65. The predicted octanol–water partition coefficient (Wildman–Crippen LogP) is 2.84. The van der Waals surface area contributed by atoms with Gasteiger partial charge in [-0.2, -0.15) is 0 Å². The highest BCUT2D eigenvalue weighted by Crippen LogP contribution is 2.32. The van der Waals surface area contributed by atoms with Crippen LogP contribution >= 0.6 is 11.6 Å². The highest BCUT2D eigenvalue weighted by Gasteiger charge is 2.39. The summed E-state index contributed by atoms with van der Waals surface area (Å²) in [7, 11) is 0. The number of benzene rings is 1. The number of aromatic nitrogens is 2. The van der Waals surface area contributed by atoms with E-state index in [1.165, 1.54) is 0 Å². The molecule has 1 aromatic carbocycles. The SMILES string of the molecule is NC(=O)C(Cc1ccncc1)(NCc1ccncc1)c1ccccc1Cl. The number of rotatable bonds is 7. The summed E-state index contributed by atoms with van der Waals surface area (Å²) in [4.78, 5) is 20.7. The standard InChI is InChI=1S/C20H19ClN4O/c21-18-4-2-1-3-17(18)20(19(22)26,13-15-5-9-23-10-6-15)25-14-16-7-11-24-12-8-16/h1-12,25H,13-14H2,(H2,22,26). The predicted molar refractivity (Wildman–Crippen MR) is 101 cm³/mol. The van der Waals surface area contributed by atoms with Crippen molar-refractivity contribution in [2.45, 2.75) is 18.5 Å². The van der Waals surface area contributed by atoms with Crippen molar-refractivity contribution in [2.75, 3.05) is 0 Å². The number of hydrogen-bond donors (Lipinski definition) is 2. The Morgan fingerprint density at radius 1 is 0.962 bits per heavy atom. The molecular formula is C20H19ClN4O. The van der Waals surface area contributed by atoms with Crippen LogP contribution in [0.5, 0.6) is 0 Å². The van der Waals surface area contributed by atoms with Crippen LogP contribution in [0.25, 0.3) is 0 Å². The first kappa shape index (κ1) is 18.0. The summed E-state index contributed by atoms with van der Waals surface area (Å²) in [6.07, 6.45) is 7.16. The van der Waals surface area contributed by atoms with Crippen LogP contribution in [-0.4, -0.2) is 15.9 Å². The van der Waals surface area contributed by atoms with Gasteiger partial charge in [-0.15, -0.1) is 0 Å². The molecule has 26 heavy (non-hydrogen) atoms. The Kier molecular flexibility index (Phi) is 5.61. The van der Waals surface area contributed by atoms with Crippen molar-refractivity contribution in [3.63, 3.8) is 0 Å². The number of halogens is 1. The van der Waals surface area contributed by atoms with Gasteiger partial charge in [-0.25, -0.2) is 0 Å². The Labute approximate surface area is 157 Å². The Bertz CT molecular complexity index is 873. The average molecular weight is 367 g/mol. The number of primary amides is 1. The van der Waals surface area contributed by atoms with Crippen LogP contribution in [0.2, 0.25) is 5.02 Å². The second kappa shape index (κ2) is 8.08. The van der Waals surface area contributed by atoms with Gasteiger partial charge in [0.05, 0.1) is 0 Å². The first-order chi connectivity index (χ1) is 12.6. The Balaban J connectivity index is 2.03. The van der Waals surface area contributed by atoms with Gasteiger partial charge in [0.2, 0.25) is 5.91 Å². The van der Waals surface area contributed by atoms with Crippen LogP contribution < -0.4 is 11.1 Å². The highest BCUT2D eigenvalue weighted by atomic mass is 35.5. The van der Waals surface area contributed by atoms with Crippen molar-refractivity contribution in [1.29, 1.82) is 0 Å². The average Bonchev–Trinajstić information content (AvgIpc) is 2.67. The Morgan fingerprint density at radius 2 is 1.54 bits per heavy atom. The molecule has 1 amide bonds. The molecule has 3 N–H and O–H groups in total. The summed E-state index contributed by atoms with van der Waals surface area (Å²) >= 11 is 6.43. The van der Waals surface area contributed by atoms with Crippen LogP contribution in [0, 0.1) is 0 Å². The minimum atomic E-state index is -1.15. The second-order valence-electron chi connectivity index (χ2n) is 5.99. The molecule has 0 aliphatic rings. The molecule has 132 valence electrons. The summed E-state index contributed by atoms with van der Waals surface area (Å²) in [6, 6.07) is 14.8. The summed E-state index contributed by atoms with van der Waals surface area (Å²) in [5.74, 6) is -0.489. The molecule has 1 atom stereocenters. The minimum Gasteiger partial charge on any atom is -0.368 e. The van der Waals surface area contributed by atoms with Crippen molar-refractivity contribution in [3.05, 3.63) is 95.0 Å². The fourth-order valence-electron chi connectivity index (χ4n) is 2.93. The smallest absolute Gasteiger partial charge is 0.242 e. The maximum Gasteiger partial charge on any atom is 0.242 e. The van der Waals surface area contributed by atoms with E-state index in [2.05, 4.69) is 15.3 Å². The molecule has 0 saturated heterocycles. The fraction of sp³-hybridized carbons (Fsp3) is 0.150. The van der Waals surface area contributed by atoms with Crippen LogP contribution in [0.1, 0.15) is 16.7 Å². The number of carbonyl (C=O) groups excluding carboxylic acids is 1. The van der Waals surface area contributed by atoms with Gasteiger partial charge in [-0.1, -0.05) is 29.8 Å². The number of pyridine rings is 2. The molecule has 0 saturated carbocycles. The van der Waals surface area contributed by atoms with E-state index < -0.39 is 11.4 Å². The van der Waals surface area contributed by atoms with Gasteiger partial charge in [0.1, 0.15) is 5.54 Å². The van der Waals surface area contributed by atoms with Gasteiger partial charge in [0, 0.05) is 48.3 Å². The van der Waals surface area contributed by atoms with Gasteiger partial charge in [0.15, 0.2) is 0 Å². The first-order valence-electron chi connectivity index (χ1n) is 8.19. The van der Waals surface area contributed by atoms with Crippen molar-refractivity contribution >= 4 is 17.5 Å². The van der Waals surface area contributed by atoms with Crippen LogP contribution in [0.3, 0.4) is 0 Å². The zero-order valence-corrected chi connectivity index (χ0v) is 14.9. The molecule has 0 radical (unpaired) electrons. The molecular weight excluding hydrogens is 348 g/mol. The number of carbonyl (C=O) groups is 1. The number of nitrogens with two attached hydrogens (primary N) is 1. The third kappa shape index (κ3) is 3.90. The lowest BCUT2D eigenvalue weighted by Gasteiger charge is -2.33. The molecule has 0 aliphatic heterocycles. The maximum atomic E-state index is 12.7. The van der Waals surface area contributed by atoms with Crippen LogP contribution in [0.4, 0.5) is 0 Å². The van der Waals surface area contributed by atoms with E-state index >= 15 is 0 Å². The van der Waals surface area contributed by atoms with Gasteiger partial charge in [-0.05, 0) is 41.5 Å². The maximum absolute atomic E-state index is 12.7. The molecule has 0 fully saturated rings. The zero-order chi connectivity index (χ0) is 18.4. The van der Waals surface area contributed by atoms with E-state index in [1.54, 1.807) is 30.9 Å². The van der Waals surface area contributed by atoms with Crippen molar-refractivity contribution in [3.8, 4) is 0 Å². The molecule has 6 heteroatoms. The minimum absolute atomic E-state index is 0.361. The molecule has 0 spiro atoms. The number of hydrogen-bond acceptors (Lipinski definition) is 4. The molecule has 2 aromatic heterocycles. The Hall–Kier alpha value is -2.76. The molecule has 2 heterocycles. The molecule has 3 rings (SSSR count). The van der Waals surface area contributed by atoms with E-state index in [0.717, 1.165) is 11.1 Å². The van der Waals surface area contributed by atoms with Gasteiger partial charge < -0.3 is 5.73 Å². The summed E-state index contributed by atoms with van der Waals surface area (Å²) in [5.41, 5.74) is 7.32. The largest absolute Gasteiger partial charge is 0.368 e. The molecule has 0 aliphatic carbocycles. The lowest BCUT2D eigenvalue weighted by Crippen LogP contribution is -2.54. The molecule has 1 unspecified atom stereocenters.